The molecule has 84 valence electrons. The topological polar surface area (TPSA) is 69.1 Å². The second kappa shape index (κ2) is 15.2. The van der Waals surface area contributed by atoms with Crippen LogP contribution < -0.4 is 6.15 Å². The average molecular weight is 237 g/mol. The molecule has 0 radical (unpaired) electrons. The van der Waals surface area contributed by atoms with Crippen LogP contribution in [0.5, 0.6) is 0 Å². The molecule has 0 aliphatic heterocycles. The Morgan fingerprint density at radius 3 is 1.93 bits per heavy atom. The molecule has 0 aliphatic rings. The zero-order valence-corrected chi connectivity index (χ0v) is 10.3. The lowest BCUT2D eigenvalue weighted by atomic mass is 10.2. The summed E-state index contributed by atoms with van der Waals surface area (Å²) >= 11 is 7.06. The minimum atomic E-state index is -0.0509. The molecule has 0 saturated heterocycles. The van der Waals surface area contributed by atoms with E-state index in [0.717, 1.165) is 12.8 Å². The second-order valence-corrected chi connectivity index (χ2v) is 3.32. The molecular weight excluding hydrogens is 218 g/mol. The standard InChI is InChI=1S/C6H10OS.C3H6OS.H3N/c1-2-3-4-5-6(7)8;1-2-3(4)5;/h2H,1,3-5H2,(H,7,8);2H2,1H3,(H,4,5);1H3. The lowest BCUT2D eigenvalue weighted by Crippen LogP contribution is -1.83. The molecule has 5 heteroatoms. The number of carbonyl (C=O) groups is 2. The quantitative estimate of drug-likeness (QED) is 0.391. The van der Waals surface area contributed by atoms with Crippen molar-refractivity contribution >= 4 is 35.5 Å². The molecule has 0 atom stereocenters. The summed E-state index contributed by atoms with van der Waals surface area (Å²) in [4.78, 5) is 19.8. The Kier molecular flexibility index (Phi) is 21.0. The van der Waals surface area contributed by atoms with Crippen molar-refractivity contribution in [2.75, 3.05) is 0 Å². The Morgan fingerprint density at radius 2 is 1.71 bits per heavy atom. The van der Waals surface area contributed by atoms with Crippen LogP contribution in [0, 0.1) is 0 Å². The van der Waals surface area contributed by atoms with E-state index >= 15 is 0 Å². The Hall–Kier alpha value is -0.260. The van der Waals surface area contributed by atoms with Crippen molar-refractivity contribution in [3.63, 3.8) is 0 Å². The van der Waals surface area contributed by atoms with Gasteiger partial charge in [-0.2, -0.15) is 0 Å². The maximum atomic E-state index is 10.1. The molecule has 0 bridgehead atoms. The third kappa shape index (κ3) is 29.8. The molecular formula is C9H19NO2S2. The van der Waals surface area contributed by atoms with Gasteiger partial charge in [0.1, 0.15) is 0 Å². The molecule has 0 spiro atoms. The third-order valence-electron chi connectivity index (χ3n) is 1.10. The fraction of sp³-hybridized carbons (Fsp3) is 0.556. The highest BCUT2D eigenvalue weighted by molar-refractivity contribution is 7.96. The van der Waals surface area contributed by atoms with E-state index in [1.165, 1.54) is 0 Å². The van der Waals surface area contributed by atoms with Gasteiger partial charge in [-0.15, -0.1) is 31.8 Å². The molecule has 3 N–H and O–H groups in total. The summed E-state index contributed by atoms with van der Waals surface area (Å²) < 4.78 is 0. The number of rotatable bonds is 5. The van der Waals surface area contributed by atoms with Gasteiger partial charge in [0.15, 0.2) is 10.2 Å². The normalized spacial score (nSPS) is 7.64. The van der Waals surface area contributed by atoms with E-state index in [2.05, 4.69) is 31.8 Å². The monoisotopic (exact) mass is 237 g/mol. The van der Waals surface area contributed by atoms with Crippen LogP contribution in [-0.2, 0) is 9.59 Å². The maximum absolute atomic E-state index is 10.1. The number of allylic oxidation sites excluding steroid dienone is 1. The predicted octanol–water partition coefficient (Wildman–Crippen LogP) is 2.81. The molecule has 3 nitrogen and oxygen atoms in total. The predicted molar refractivity (Wildman–Crippen MR) is 67.3 cm³/mol. The van der Waals surface area contributed by atoms with Gasteiger partial charge in [0.25, 0.3) is 0 Å². The van der Waals surface area contributed by atoms with Crippen molar-refractivity contribution in [3.05, 3.63) is 12.7 Å². The van der Waals surface area contributed by atoms with Crippen LogP contribution in [0.25, 0.3) is 0 Å². The lowest BCUT2D eigenvalue weighted by molar-refractivity contribution is -0.111. The molecule has 0 fully saturated rings. The largest absolute Gasteiger partial charge is 0.344 e. The van der Waals surface area contributed by atoms with Crippen molar-refractivity contribution in [1.82, 2.24) is 6.15 Å². The molecule has 0 aromatic carbocycles. The summed E-state index contributed by atoms with van der Waals surface area (Å²) in [6.45, 7) is 5.29. The van der Waals surface area contributed by atoms with Crippen molar-refractivity contribution in [2.24, 2.45) is 0 Å². The Labute approximate surface area is 96.7 Å². The van der Waals surface area contributed by atoms with E-state index in [0.29, 0.717) is 12.8 Å². The summed E-state index contributed by atoms with van der Waals surface area (Å²) in [6, 6.07) is 0. The van der Waals surface area contributed by atoms with Crippen LogP contribution in [0.4, 0.5) is 0 Å². The highest BCUT2D eigenvalue weighted by Crippen LogP contribution is 1.97. The van der Waals surface area contributed by atoms with Gasteiger partial charge in [-0.25, -0.2) is 0 Å². The second-order valence-electron chi connectivity index (χ2n) is 2.32. The number of carbonyl (C=O) groups excluding carboxylic acids is 2. The smallest absolute Gasteiger partial charge is 0.185 e. The Morgan fingerprint density at radius 1 is 1.29 bits per heavy atom. The molecule has 0 rings (SSSR count). The van der Waals surface area contributed by atoms with E-state index in [1.54, 1.807) is 13.0 Å². The maximum Gasteiger partial charge on any atom is 0.185 e. The Balaban J connectivity index is -0.000000177. The van der Waals surface area contributed by atoms with Crippen molar-refractivity contribution in [2.45, 2.75) is 32.6 Å². The van der Waals surface area contributed by atoms with Gasteiger partial charge in [0, 0.05) is 12.8 Å². The first-order chi connectivity index (χ1) is 6.04. The first kappa shape index (κ1) is 19.3. The highest BCUT2D eigenvalue weighted by atomic mass is 32.1. The van der Waals surface area contributed by atoms with Crippen LogP contribution in [0.2, 0.25) is 0 Å². The van der Waals surface area contributed by atoms with Crippen molar-refractivity contribution in [1.29, 1.82) is 0 Å². The first-order valence-electron chi connectivity index (χ1n) is 4.09. The summed E-state index contributed by atoms with van der Waals surface area (Å²) in [5.41, 5.74) is 0. The molecule has 0 aromatic rings. The van der Waals surface area contributed by atoms with E-state index in [9.17, 15) is 9.59 Å². The summed E-state index contributed by atoms with van der Waals surface area (Å²) in [5, 5.41) is -0.0862. The number of hydrogen-bond acceptors (Lipinski definition) is 3. The third-order valence-corrected chi connectivity index (χ3v) is 1.64. The number of hydrogen-bond donors (Lipinski definition) is 3. The minimum absolute atomic E-state index is 0. The van der Waals surface area contributed by atoms with Crippen LogP contribution in [0.1, 0.15) is 32.6 Å². The molecule has 0 amide bonds. The van der Waals surface area contributed by atoms with Gasteiger partial charge in [0.05, 0.1) is 0 Å². The summed E-state index contributed by atoms with van der Waals surface area (Å²) in [6.07, 6.45) is 4.69. The van der Waals surface area contributed by atoms with Crippen molar-refractivity contribution < 1.29 is 9.59 Å². The van der Waals surface area contributed by atoms with Crippen LogP contribution in [0.15, 0.2) is 12.7 Å². The molecule has 0 unspecified atom stereocenters. The van der Waals surface area contributed by atoms with Crippen LogP contribution in [0.3, 0.4) is 0 Å². The zero-order valence-electron chi connectivity index (χ0n) is 8.53. The molecule has 14 heavy (non-hydrogen) atoms. The SMILES string of the molecule is C=CCCCC(=O)S.CCC(=O)S.N. The van der Waals surface area contributed by atoms with E-state index < -0.39 is 0 Å². The minimum Gasteiger partial charge on any atom is -0.344 e. The molecule has 0 saturated carbocycles. The van der Waals surface area contributed by atoms with E-state index in [-0.39, 0.29) is 16.4 Å². The first-order valence-corrected chi connectivity index (χ1v) is 4.98. The van der Waals surface area contributed by atoms with Gasteiger partial charge in [0.2, 0.25) is 0 Å². The van der Waals surface area contributed by atoms with E-state index in [4.69, 9.17) is 0 Å². The molecule has 0 aliphatic carbocycles. The van der Waals surface area contributed by atoms with Gasteiger partial charge in [-0.3, -0.25) is 9.59 Å². The molecule has 0 aromatic heterocycles. The van der Waals surface area contributed by atoms with Gasteiger partial charge >= 0.3 is 0 Å². The number of unbranched alkanes of at least 4 members (excludes halogenated alkanes) is 1. The summed E-state index contributed by atoms with van der Waals surface area (Å²) in [5.74, 6) is 0. The Bertz CT molecular complexity index is 172. The van der Waals surface area contributed by atoms with Gasteiger partial charge in [-0.05, 0) is 12.8 Å². The highest BCUT2D eigenvalue weighted by Gasteiger charge is 1.89. The lowest BCUT2D eigenvalue weighted by Gasteiger charge is -1.87. The van der Waals surface area contributed by atoms with Crippen molar-refractivity contribution in [3.8, 4) is 0 Å². The van der Waals surface area contributed by atoms with Crippen LogP contribution in [-0.4, -0.2) is 10.2 Å². The van der Waals surface area contributed by atoms with E-state index in [1.807, 2.05) is 0 Å². The van der Waals surface area contributed by atoms with Gasteiger partial charge in [-0.1, -0.05) is 13.0 Å². The average Bonchev–Trinajstić information content (AvgIpc) is 2.05. The fourth-order valence-electron chi connectivity index (χ4n) is 0.398. The van der Waals surface area contributed by atoms with Crippen LogP contribution >= 0.6 is 25.3 Å². The fourth-order valence-corrected chi connectivity index (χ4v) is 0.556. The number of thiol groups is 2. The summed E-state index contributed by atoms with van der Waals surface area (Å²) in [7, 11) is 0. The zero-order chi connectivity index (χ0) is 10.7. The van der Waals surface area contributed by atoms with Gasteiger partial charge < -0.3 is 6.15 Å². The molecule has 0 heterocycles.